The number of aryl methyl sites for hydroxylation is 2. The maximum absolute atomic E-state index is 5.73. The lowest BCUT2D eigenvalue weighted by Gasteiger charge is -2.08. The van der Waals surface area contributed by atoms with Gasteiger partial charge in [0.05, 0.1) is 0 Å². The standard InChI is InChI=1S/C19H16BrN3O/c1-12-3-5-14(6-4-12)21-19-18(15-7-8-16(20)24-15)22-17-11-13(2)9-10-23(17)19/h3-11,21H,1-2H3. The van der Waals surface area contributed by atoms with Gasteiger partial charge < -0.3 is 9.73 Å². The molecule has 0 fully saturated rings. The molecule has 5 heteroatoms. The Morgan fingerprint density at radius 1 is 1.00 bits per heavy atom. The summed E-state index contributed by atoms with van der Waals surface area (Å²) in [5.41, 5.74) is 5.07. The van der Waals surface area contributed by atoms with Gasteiger partial charge in [0.15, 0.2) is 10.4 Å². The van der Waals surface area contributed by atoms with Crippen LogP contribution in [0.15, 0.2) is 63.8 Å². The molecule has 3 heterocycles. The predicted molar refractivity (Wildman–Crippen MR) is 99.8 cm³/mol. The molecule has 4 nitrogen and oxygen atoms in total. The topological polar surface area (TPSA) is 42.5 Å². The molecule has 0 aliphatic carbocycles. The average molecular weight is 382 g/mol. The molecule has 0 saturated heterocycles. The number of nitrogens with one attached hydrogen (secondary N) is 1. The first kappa shape index (κ1) is 15.0. The fourth-order valence-corrected chi connectivity index (χ4v) is 2.96. The summed E-state index contributed by atoms with van der Waals surface area (Å²) < 4.78 is 8.46. The molecule has 4 rings (SSSR count). The number of nitrogens with zero attached hydrogens (tertiary/aromatic N) is 2. The third-order valence-electron chi connectivity index (χ3n) is 3.90. The number of hydrogen-bond donors (Lipinski definition) is 1. The van der Waals surface area contributed by atoms with Crippen LogP contribution in [0.25, 0.3) is 17.1 Å². The third kappa shape index (κ3) is 2.71. The van der Waals surface area contributed by atoms with Crippen molar-refractivity contribution in [3.05, 3.63) is 70.5 Å². The first-order valence-electron chi connectivity index (χ1n) is 7.68. The summed E-state index contributed by atoms with van der Waals surface area (Å²) in [4.78, 5) is 4.76. The lowest BCUT2D eigenvalue weighted by molar-refractivity contribution is 0.554. The molecule has 0 bridgehead atoms. The van der Waals surface area contributed by atoms with Crippen molar-refractivity contribution in [3.8, 4) is 11.5 Å². The highest BCUT2D eigenvalue weighted by atomic mass is 79.9. The molecule has 0 radical (unpaired) electrons. The van der Waals surface area contributed by atoms with Gasteiger partial charge in [-0.05, 0) is 71.7 Å². The van der Waals surface area contributed by atoms with Crippen LogP contribution in [0.4, 0.5) is 11.5 Å². The maximum atomic E-state index is 5.73. The van der Waals surface area contributed by atoms with Gasteiger partial charge in [0.2, 0.25) is 0 Å². The highest BCUT2D eigenvalue weighted by Crippen LogP contribution is 2.33. The molecule has 0 saturated carbocycles. The Morgan fingerprint density at radius 3 is 2.50 bits per heavy atom. The Balaban J connectivity index is 1.88. The molecule has 0 aliphatic heterocycles. The van der Waals surface area contributed by atoms with E-state index in [1.165, 1.54) is 11.1 Å². The minimum absolute atomic E-state index is 0.687. The van der Waals surface area contributed by atoms with E-state index in [9.17, 15) is 0 Å². The minimum atomic E-state index is 0.687. The number of hydrogen-bond acceptors (Lipinski definition) is 3. The lowest BCUT2D eigenvalue weighted by atomic mass is 10.2. The molecule has 0 atom stereocenters. The van der Waals surface area contributed by atoms with Crippen LogP contribution in [-0.4, -0.2) is 9.38 Å². The zero-order valence-corrected chi connectivity index (χ0v) is 15.0. The first-order chi connectivity index (χ1) is 11.6. The van der Waals surface area contributed by atoms with Gasteiger partial charge in [-0.3, -0.25) is 4.40 Å². The van der Waals surface area contributed by atoms with E-state index in [1.54, 1.807) is 0 Å². The van der Waals surface area contributed by atoms with E-state index in [-0.39, 0.29) is 0 Å². The Morgan fingerprint density at radius 2 is 1.79 bits per heavy atom. The molecule has 1 aromatic carbocycles. The molecule has 120 valence electrons. The molecule has 24 heavy (non-hydrogen) atoms. The normalized spacial score (nSPS) is 11.1. The molecule has 0 unspecified atom stereocenters. The van der Waals surface area contributed by atoms with Gasteiger partial charge in [-0.25, -0.2) is 4.98 Å². The van der Waals surface area contributed by atoms with Crippen molar-refractivity contribution in [1.29, 1.82) is 0 Å². The summed E-state index contributed by atoms with van der Waals surface area (Å²) >= 11 is 3.36. The molecule has 0 aliphatic rings. The molecule has 0 amide bonds. The van der Waals surface area contributed by atoms with Gasteiger partial charge in [0, 0.05) is 11.9 Å². The van der Waals surface area contributed by atoms with Crippen molar-refractivity contribution in [2.24, 2.45) is 0 Å². The van der Waals surface area contributed by atoms with Gasteiger partial charge >= 0.3 is 0 Å². The Hall–Kier alpha value is -2.53. The van der Waals surface area contributed by atoms with Crippen LogP contribution in [0.5, 0.6) is 0 Å². The zero-order chi connectivity index (χ0) is 16.7. The number of furan rings is 1. The van der Waals surface area contributed by atoms with Gasteiger partial charge in [-0.15, -0.1) is 0 Å². The number of aromatic nitrogens is 2. The van der Waals surface area contributed by atoms with Crippen LogP contribution >= 0.6 is 15.9 Å². The van der Waals surface area contributed by atoms with Gasteiger partial charge in [0.25, 0.3) is 0 Å². The predicted octanol–water partition coefficient (Wildman–Crippen LogP) is 5.72. The number of imidazole rings is 1. The fraction of sp³-hybridized carbons (Fsp3) is 0.105. The summed E-state index contributed by atoms with van der Waals surface area (Å²) in [6, 6.07) is 16.2. The number of rotatable bonds is 3. The Bertz CT molecular complexity index is 1010. The van der Waals surface area contributed by atoms with Crippen molar-refractivity contribution in [3.63, 3.8) is 0 Å². The summed E-state index contributed by atoms with van der Waals surface area (Å²) in [6.07, 6.45) is 2.02. The van der Waals surface area contributed by atoms with Gasteiger partial charge in [-0.2, -0.15) is 0 Å². The number of pyridine rings is 1. The third-order valence-corrected chi connectivity index (χ3v) is 4.33. The summed E-state index contributed by atoms with van der Waals surface area (Å²) in [6.45, 7) is 4.14. The van der Waals surface area contributed by atoms with E-state index in [0.717, 1.165) is 28.6 Å². The van der Waals surface area contributed by atoms with Crippen molar-refractivity contribution in [1.82, 2.24) is 9.38 Å². The molecular formula is C19H16BrN3O. The molecule has 3 aromatic heterocycles. The highest BCUT2D eigenvalue weighted by Gasteiger charge is 2.17. The molecule has 1 N–H and O–H groups in total. The van der Waals surface area contributed by atoms with Crippen LogP contribution in [0, 0.1) is 13.8 Å². The second kappa shape index (κ2) is 5.83. The second-order valence-corrected chi connectivity index (χ2v) is 6.62. The zero-order valence-electron chi connectivity index (χ0n) is 13.4. The van der Waals surface area contributed by atoms with E-state index in [2.05, 4.69) is 71.5 Å². The van der Waals surface area contributed by atoms with Crippen molar-refractivity contribution in [2.75, 3.05) is 5.32 Å². The van der Waals surface area contributed by atoms with E-state index in [1.807, 2.05) is 22.7 Å². The maximum Gasteiger partial charge on any atom is 0.169 e. The van der Waals surface area contributed by atoms with Crippen molar-refractivity contribution >= 4 is 33.1 Å². The Kier molecular flexibility index (Phi) is 3.65. The van der Waals surface area contributed by atoms with Crippen LogP contribution in [0.1, 0.15) is 11.1 Å². The van der Waals surface area contributed by atoms with Crippen LogP contribution in [0.2, 0.25) is 0 Å². The quantitative estimate of drug-likeness (QED) is 0.493. The molecular weight excluding hydrogens is 366 g/mol. The second-order valence-electron chi connectivity index (χ2n) is 5.84. The van der Waals surface area contributed by atoms with E-state index in [4.69, 9.17) is 9.40 Å². The van der Waals surface area contributed by atoms with Crippen LogP contribution in [0.3, 0.4) is 0 Å². The summed E-state index contributed by atoms with van der Waals surface area (Å²) in [5.74, 6) is 1.61. The van der Waals surface area contributed by atoms with Crippen molar-refractivity contribution < 1.29 is 4.42 Å². The molecule has 4 aromatic rings. The number of halogens is 1. The smallest absolute Gasteiger partial charge is 0.169 e. The van der Waals surface area contributed by atoms with E-state index >= 15 is 0 Å². The summed E-state index contributed by atoms with van der Waals surface area (Å²) in [5, 5.41) is 3.48. The largest absolute Gasteiger partial charge is 0.448 e. The highest BCUT2D eigenvalue weighted by molar-refractivity contribution is 9.10. The number of fused-ring (bicyclic) bond motifs is 1. The van der Waals surface area contributed by atoms with E-state index < -0.39 is 0 Å². The molecule has 0 spiro atoms. The average Bonchev–Trinajstić information content (AvgIpc) is 3.13. The van der Waals surface area contributed by atoms with Gasteiger partial charge in [0.1, 0.15) is 17.2 Å². The van der Waals surface area contributed by atoms with Crippen LogP contribution in [-0.2, 0) is 0 Å². The summed E-state index contributed by atoms with van der Waals surface area (Å²) in [7, 11) is 0. The Labute approximate surface area is 148 Å². The number of anilines is 2. The lowest BCUT2D eigenvalue weighted by Crippen LogP contribution is -1.96. The van der Waals surface area contributed by atoms with Crippen LogP contribution < -0.4 is 5.32 Å². The first-order valence-corrected chi connectivity index (χ1v) is 8.47. The monoisotopic (exact) mass is 381 g/mol. The number of benzene rings is 1. The van der Waals surface area contributed by atoms with Crippen molar-refractivity contribution in [2.45, 2.75) is 13.8 Å². The fourth-order valence-electron chi connectivity index (χ4n) is 2.65. The van der Waals surface area contributed by atoms with E-state index in [0.29, 0.717) is 4.67 Å². The van der Waals surface area contributed by atoms with Gasteiger partial charge in [-0.1, -0.05) is 17.7 Å². The SMILES string of the molecule is Cc1ccc(Nc2c(-c3ccc(Br)o3)nc3cc(C)ccn23)cc1. The minimum Gasteiger partial charge on any atom is -0.448 e.